The van der Waals surface area contributed by atoms with Gasteiger partial charge in [-0.2, -0.15) is 0 Å². The molecule has 0 aliphatic carbocycles. The SMILES string of the molecule is COCCN(CC(=O)N1CCN(c2ccc(-c3cccc(OC)c3)nn2)CC1)C(=O)c1cccs1. The Labute approximate surface area is 208 Å². The van der Waals surface area contributed by atoms with Gasteiger partial charge >= 0.3 is 0 Å². The minimum Gasteiger partial charge on any atom is -0.497 e. The van der Waals surface area contributed by atoms with E-state index in [0.717, 1.165) is 22.8 Å². The first-order valence-corrected chi connectivity index (χ1v) is 12.3. The number of piperazine rings is 1. The highest BCUT2D eigenvalue weighted by Gasteiger charge is 2.26. The normalized spacial score (nSPS) is 13.5. The van der Waals surface area contributed by atoms with Gasteiger partial charge in [0.25, 0.3) is 5.91 Å². The van der Waals surface area contributed by atoms with Gasteiger partial charge in [-0.3, -0.25) is 9.59 Å². The van der Waals surface area contributed by atoms with E-state index in [0.29, 0.717) is 44.2 Å². The van der Waals surface area contributed by atoms with Gasteiger partial charge in [0, 0.05) is 45.4 Å². The number of nitrogens with zero attached hydrogens (tertiary/aromatic N) is 5. The first-order chi connectivity index (χ1) is 17.1. The van der Waals surface area contributed by atoms with Gasteiger partial charge in [0.1, 0.15) is 12.3 Å². The van der Waals surface area contributed by atoms with E-state index in [1.54, 1.807) is 30.1 Å². The van der Waals surface area contributed by atoms with Crippen LogP contribution in [0, 0.1) is 0 Å². The molecule has 2 amide bonds. The highest BCUT2D eigenvalue weighted by Crippen LogP contribution is 2.23. The Morgan fingerprint density at radius 2 is 1.86 bits per heavy atom. The summed E-state index contributed by atoms with van der Waals surface area (Å²) in [6.07, 6.45) is 0. The number of benzene rings is 1. The van der Waals surface area contributed by atoms with Crippen LogP contribution in [0.1, 0.15) is 9.67 Å². The van der Waals surface area contributed by atoms with Crippen LogP contribution in [0.15, 0.2) is 53.9 Å². The summed E-state index contributed by atoms with van der Waals surface area (Å²) in [4.78, 5) is 31.9. The molecular weight excluding hydrogens is 466 g/mol. The van der Waals surface area contributed by atoms with Gasteiger partial charge in [0.15, 0.2) is 5.82 Å². The molecule has 1 aliphatic heterocycles. The van der Waals surface area contributed by atoms with Crippen molar-refractivity contribution in [1.29, 1.82) is 0 Å². The molecule has 9 nitrogen and oxygen atoms in total. The van der Waals surface area contributed by atoms with E-state index < -0.39 is 0 Å². The Morgan fingerprint density at radius 1 is 1.03 bits per heavy atom. The average molecular weight is 496 g/mol. The third-order valence-corrected chi connectivity index (χ3v) is 6.74. The molecule has 0 bridgehead atoms. The zero-order valence-electron chi connectivity index (χ0n) is 19.9. The standard InChI is InChI=1S/C25H29N5O4S/c1-33-15-14-30(25(32)22-7-4-16-35-22)18-24(31)29-12-10-28(11-13-29)23-9-8-21(26-27-23)19-5-3-6-20(17-19)34-2/h3-9,16-17H,10-15,18H2,1-2H3. The zero-order valence-corrected chi connectivity index (χ0v) is 20.7. The molecule has 0 unspecified atom stereocenters. The van der Waals surface area contributed by atoms with Crippen LogP contribution in [-0.2, 0) is 9.53 Å². The summed E-state index contributed by atoms with van der Waals surface area (Å²) < 4.78 is 10.4. The monoisotopic (exact) mass is 495 g/mol. The minimum absolute atomic E-state index is 0.0368. The van der Waals surface area contributed by atoms with Gasteiger partial charge < -0.3 is 24.2 Å². The molecule has 1 aromatic carbocycles. The summed E-state index contributed by atoms with van der Waals surface area (Å²) in [5.41, 5.74) is 1.71. The summed E-state index contributed by atoms with van der Waals surface area (Å²) in [6, 6.07) is 15.2. The Bertz CT molecular complexity index is 1120. The van der Waals surface area contributed by atoms with Crippen molar-refractivity contribution in [1.82, 2.24) is 20.0 Å². The maximum absolute atomic E-state index is 13.0. The summed E-state index contributed by atoms with van der Waals surface area (Å²) in [7, 11) is 3.22. The Hall–Kier alpha value is -3.50. The number of anilines is 1. The predicted molar refractivity (Wildman–Crippen MR) is 135 cm³/mol. The fraction of sp³-hybridized carbons (Fsp3) is 0.360. The van der Waals surface area contributed by atoms with E-state index >= 15 is 0 Å². The number of ether oxygens (including phenoxy) is 2. The molecule has 1 saturated heterocycles. The largest absolute Gasteiger partial charge is 0.497 e. The second-order valence-corrected chi connectivity index (χ2v) is 9.02. The quantitative estimate of drug-likeness (QED) is 0.451. The van der Waals surface area contributed by atoms with E-state index in [1.165, 1.54) is 11.3 Å². The van der Waals surface area contributed by atoms with Gasteiger partial charge in [-0.25, -0.2) is 0 Å². The van der Waals surface area contributed by atoms with Gasteiger partial charge in [0.05, 0.1) is 24.3 Å². The van der Waals surface area contributed by atoms with Crippen LogP contribution >= 0.6 is 11.3 Å². The van der Waals surface area contributed by atoms with E-state index in [9.17, 15) is 9.59 Å². The van der Waals surface area contributed by atoms with Gasteiger partial charge in [-0.15, -0.1) is 21.5 Å². The topological polar surface area (TPSA) is 88.1 Å². The highest BCUT2D eigenvalue weighted by molar-refractivity contribution is 7.12. The van der Waals surface area contributed by atoms with Crippen molar-refractivity contribution in [2.75, 3.05) is 65.0 Å². The van der Waals surface area contributed by atoms with Gasteiger partial charge in [0.2, 0.25) is 5.91 Å². The third kappa shape index (κ3) is 6.14. The maximum Gasteiger partial charge on any atom is 0.264 e. The van der Waals surface area contributed by atoms with Crippen LogP contribution in [0.3, 0.4) is 0 Å². The smallest absolute Gasteiger partial charge is 0.264 e. The lowest BCUT2D eigenvalue weighted by Crippen LogP contribution is -2.52. The first-order valence-electron chi connectivity index (χ1n) is 11.4. The molecule has 1 aliphatic rings. The number of carbonyl (C=O) groups excluding carboxylic acids is 2. The maximum atomic E-state index is 13.0. The fourth-order valence-corrected chi connectivity index (χ4v) is 4.58. The van der Waals surface area contributed by atoms with Gasteiger partial charge in [-0.1, -0.05) is 18.2 Å². The van der Waals surface area contributed by atoms with Crippen LogP contribution in [0.2, 0.25) is 0 Å². The van der Waals surface area contributed by atoms with Crippen molar-refractivity contribution < 1.29 is 19.1 Å². The number of rotatable bonds is 9. The molecule has 35 heavy (non-hydrogen) atoms. The van der Waals surface area contributed by atoms with Gasteiger partial charge in [-0.05, 0) is 35.7 Å². The second-order valence-electron chi connectivity index (χ2n) is 8.07. The number of thiophene rings is 1. The number of hydrogen-bond donors (Lipinski definition) is 0. The summed E-state index contributed by atoms with van der Waals surface area (Å²) in [5.74, 6) is 1.34. The molecule has 1 fully saturated rings. The van der Waals surface area contributed by atoms with Crippen molar-refractivity contribution in [3.8, 4) is 17.0 Å². The number of hydrogen-bond acceptors (Lipinski definition) is 8. The molecule has 184 valence electrons. The molecule has 0 spiro atoms. The number of carbonyl (C=O) groups is 2. The molecule has 3 aromatic rings. The van der Waals surface area contributed by atoms with Crippen molar-refractivity contribution in [3.63, 3.8) is 0 Å². The molecule has 3 heterocycles. The van der Waals surface area contributed by atoms with Crippen LogP contribution in [-0.4, -0.2) is 91.9 Å². The van der Waals surface area contributed by atoms with Crippen molar-refractivity contribution in [2.24, 2.45) is 0 Å². The predicted octanol–water partition coefficient (Wildman–Crippen LogP) is 2.65. The molecule has 4 rings (SSSR count). The van der Waals surface area contributed by atoms with Crippen LogP contribution in [0.4, 0.5) is 5.82 Å². The summed E-state index contributed by atoms with van der Waals surface area (Å²) >= 11 is 1.37. The molecule has 0 atom stereocenters. The Balaban J connectivity index is 1.33. The zero-order chi connectivity index (χ0) is 24.6. The second kappa shape index (κ2) is 11.8. The Morgan fingerprint density at radius 3 is 2.51 bits per heavy atom. The lowest BCUT2D eigenvalue weighted by Gasteiger charge is -2.36. The van der Waals surface area contributed by atoms with Crippen molar-refractivity contribution in [2.45, 2.75) is 0 Å². The summed E-state index contributed by atoms with van der Waals surface area (Å²) in [6.45, 7) is 3.20. The number of methoxy groups -OCH3 is 2. The van der Waals surface area contributed by atoms with E-state index in [2.05, 4.69) is 15.1 Å². The van der Waals surface area contributed by atoms with Crippen molar-refractivity contribution in [3.05, 3.63) is 58.8 Å². The molecule has 0 saturated carbocycles. The Kier molecular flexibility index (Phi) is 8.27. The molecular formula is C25H29N5O4S. The summed E-state index contributed by atoms with van der Waals surface area (Å²) in [5, 5.41) is 10.6. The third-order valence-electron chi connectivity index (χ3n) is 5.88. The minimum atomic E-state index is -0.143. The van der Waals surface area contributed by atoms with Crippen LogP contribution in [0.5, 0.6) is 5.75 Å². The fourth-order valence-electron chi connectivity index (χ4n) is 3.89. The number of aromatic nitrogens is 2. The lowest BCUT2D eigenvalue weighted by atomic mass is 10.1. The van der Waals surface area contributed by atoms with E-state index in [1.807, 2.05) is 47.8 Å². The molecule has 2 aromatic heterocycles. The average Bonchev–Trinajstić information content (AvgIpc) is 3.46. The molecule has 0 radical (unpaired) electrons. The van der Waals surface area contributed by atoms with Crippen LogP contribution < -0.4 is 9.64 Å². The molecule has 10 heteroatoms. The van der Waals surface area contributed by atoms with Crippen molar-refractivity contribution >= 4 is 29.0 Å². The van der Waals surface area contributed by atoms with Crippen LogP contribution in [0.25, 0.3) is 11.3 Å². The van der Waals surface area contributed by atoms with E-state index in [-0.39, 0.29) is 18.4 Å². The molecule has 0 N–H and O–H groups in total. The lowest BCUT2D eigenvalue weighted by molar-refractivity contribution is -0.132. The highest BCUT2D eigenvalue weighted by atomic mass is 32.1. The van der Waals surface area contributed by atoms with E-state index in [4.69, 9.17) is 9.47 Å². The number of amides is 2. The first kappa shape index (κ1) is 24.6.